The molecule has 0 radical (unpaired) electrons. The van der Waals surface area contributed by atoms with E-state index in [4.69, 9.17) is 4.74 Å². The molecule has 0 aromatic carbocycles. The molecule has 2 atom stereocenters. The van der Waals surface area contributed by atoms with Gasteiger partial charge in [-0.1, -0.05) is 20.8 Å². The highest BCUT2D eigenvalue weighted by molar-refractivity contribution is 5.79. The molecule has 106 valence electrons. The van der Waals surface area contributed by atoms with Crippen molar-refractivity contribution in [3.8, 4) is 0 Å². The molecule has 0 aromatic rings. The molecule has 1 aliphatic heterocycles. The van der Waals surface area contributed by atoms with E-state index >= 15 is 0 Å². The second-order valence-electron chi connectivity index (χ2n) is 5.76. The van der Waals surface area contributed by atoms with E-state index in [0.29, 0.717) is 19.4 Å². The van der Waals surface area contributed by atoms with Crippen LogP contribution in [0.3, 0.4) is 0 Å². The summed E-state index contributed by atoms with van der Waals surface area (Å²) in [5.41, 5.74) is -1.07. The lowest BCUT2D eigenvalue weighted by Crippen LogP contribution is -2.55. The predicted molar refractivity (Wildman–Crippen MR) is 61.0 cm³/mol. The zero-order valence-corrected chi connectivity index (χ0v) is 10.9. The minimum absolute atomic E-state index is 0.209. The first-order valence-corrected chi connectivity index (χ1v) is 6.07. The molecule has 1 saturated heterocycles. The van der Waals surface area contributed by atoms with Gasteiger partial charge in [0.25, 0.3) is 0 Å². The number of nitrogens with one attached hydrogen (secondary N) is 1. The number of amides is 1. The van der Waals surface area contributed by atoms with Crippen LogP contribution >= 0.6 is 0 Å². The molecule has 18 heavy (non-hydrogen) atoms. The van der Waals surface area contributed by atoms with Crippen LogP contribution in [0.4, 0.5) is 13.2 Å². The van der Waals surface area contributed by atoms with Gasteiger partial charge in [-0.25, -0.2) is 0 Å². The van der Waals surface area contributed by atoms with Crippen LogP contribution in [0.1, 0.15) is 33.6 Å². The van der Waals surface area contributed by atoms with Crippen LogP contribution in [0, 0.1) is 11.3 Å². The zero-order valence-electron chi connectivity index (χ0n) is 10.9. The van der Waals surface area contributed by atoms with E-state index in [2.05, 4.69) is 5.32 Å². The summed E-state index contributed by atoms with van der Waals surface area (Å²) in [4.78, 5) is 11.8. The number of alkyl halides is 3. The Morgan fingerprint density at radius 1 is 1.33 bits per heavy atom. The van der Waals surface area contributed by atoms with Gasteiger partial charge in [0.1, 0.15) is 6.04 Å². The zero-order chi connectivity index (χ0) is 14.0. The highest BCUT2D eigenvalue weighted by atomic mass is 19.4. The first kappa shape index (κ1) is 15.3. The van der Waals surface area contributed by atoms with Crippen LogP contribution in [0.2, 0.25) is 0 Å². The van der Waals surface area contributed by atoms with Gasteiger partial charge in [0.15, 0.2) is 0 Å². The summed E-state index contributed by atoms with van der Waals surface area (Å²) in [5.74, 6) is -1.03. The fraction of sp³-hybridized carbons (Fsp3) is 0.917. The van der Waals surface area contributed by atoms with Gasteiger partial charge in [-0.2, -0.15) is 13.2 Å². The third-order valence-corrected chi connectivity index (χ3v) is 3.01. The van der Waals surface area contributed by atoms with Gasteiger partial charge < -0.3 is 10.1 Å². The van der Waals surface area contributed by atoms with Crippen molar-refractivity contribution in [3.63, 3.8) is 0 Å². The number of hydrogen-bond acceptors (Lipinski definition) is 2. The van der Waals surface area contributed by atoms with Crippen LogP contribution < -0.4 is 5.32 Å². The van der Waals surface area contributed by atoms with Crippen molar-refractivity contribution >= 4 is 5.91 Å². The van der Waals surface area contributed by atoms with Gasteiger partial charge in [-0.15, -0.1) is 0 Å². The van der Waals surface area contributed by atoms with Crippen molar-refractivity contribution in [2.45, 2.75) is 45.8 Å². The molecule has 0 saturated carbocycles. The molecule has 1 heterocycles. The molecular formula is C12H20F3NO2. The number of rotatable bonds is 2. The average molecular weight is 267 g/mol. The maximum absolute atomic E-state index is 12.9. The molecule has 0 spiro atoms. The fourth-order valence-corrected chi connectivity index (χ4v) is 2.00. The smallest absolute Gasteiger partial charge is 0.381 e. The Morgan fingerprint density at radius 2 is 1.94 bits per heavy atom. The molecule has 1 rings (SSSR count). The molecule has 1 aliphatic rings. The third-order valence-electron chi connectivity index (χ3n) is 3.01. The quantitative estimate of drug-likeness (QED) is 0.835. The van der Waals surface area contributed by atoms with Crippen molar-refractivity contribution < 1.29 is 22.7 Å². The van der Waals surface area contributed by atoms with E-state index in [1.807, 2.05) is 0 Å². The van der Waals surface area contributed by atoms with Crippen LogP contribution in [0.25, 0.3) is 0 Å². The fourth-order valence-electron chi connectivity index (χ4n) is 2.00. The first-order chi connectivity index (χ1) is 8.12. The van der Waals surface area contributed by atoms with Crippen LogP contribution in [0.5, 0.6) is 0 Å². The molecule has 6 heteroatoms. The Hall–Kier alpha value is -0.780. The standard InChI is InChI=1S/C12H20F3NO2/c1-11(2,3)10(12(13,14)15)16-9(17)8-5-4-6-18-7-8/h8,10H,4-7H2,1-3H3,(H,16,17)/t8-,10+/m0/s1. The highest BCUT2D eigenvalue weighted by Gasteiger charge is 2.48. The lowest BCUT2D eigenvalue weighted by molar-refractivity contribution is -0.182. The Bertz CT molecular complexity index is 277. The summed E-state index contributed by atoms with van der Waals surface area (Å²) in [6, 6.07) is -1.83. The Kier molecular flexibility index (Phi) is 4.64. The number of halogens is 3. The van der Waals surface area contributed by atoms with Crippen LogP contribution in [0.15, 0.2) is 0 Å². The minimum atomic E-state index is -4.44. The largest absolute Gasteiger partial charge is 0.409 e. The number of carbonyl (C=O) groups is 1. The van der Waals surface area contributed by atoms with Gasteiger partial charge in [0, 0.05) is 6.61 Å². The molecule has 0 aromatic heterocycles. The molecule has 1 fully saturated rings. The normalized spacial score (nSPS) is 23.6. The summed E-state index contributed by atoms with van der Waals surface area (Å²) in [7, 11) is 0. The molecule has 0 aliphatic carbocycles. The van der Waals surface area contributed by atoms with Gasteiger partial charge in [-0.05, 0) is 18.3 Å². The summed E-state index contributed by atoms with van der Waals surface area (Å²) in [5, 5.41) is 2.12. The summed E-state index contributed by atoms with van der Waals surface area (Å²) >= 11 is 0. The molecule has 1 N–H and O–H groups in total. The van der Waals surface area contributed by atoms with E-state index in [1.165, 1.54) is 20.8 Å². The van der Waals surface area contributed by atoms with Crippen molar-refractivity contribution in [3.05, 3.63) is 0 Å². The van der Waals surface area contributed by atoms with E-state index in [1.54, 1.807) is 0 Å². The molecule has 1 amide bonds. The Balaban J connectivity index is 2.69. The van der Waals surface area contributed by atoms with Gasteiger partial charge in [0.2, 0.25) is 5.91 Å². The lowest BCUT2D eigenvalue weighted by Gasteiger charge is -2.34. The van der Waals surface area contributed by atoms with E-state index in [0.717, 1.165) is 0 Å². The van der Waals surface area contributed by atoms with E-state index in [9.17, 15) is 18.0 Å². The maximum Gasteiger partial charge on any atom is 0.409 e. The van der Waals surface area contributed by atoms with Crippen molar-refractivity contribution in [1.82, 2.24) is 5.32 Å². The van der Waals surface area contributed by atoms with Crippen molar-refractivity contribution in [1.29, 1.82) is 0 Å². The summed E-state index contributed by atoms with van der Waals surface area (Å²) in [6.07, 6.45) is -3.14. The molecule has 3 nitrogen and oxygen atoms in total. The Morgan fingerprint density at radius 3 is 2.33 bits per heavy atom. The minimum Gasteiger partial charge on any atom is -0.381 e. The maximum atomic E-state index is 12.9. The molecule has 0 bridgehead atoms. The summed E-state index contributed by atoms with van der Waals surface area (Å²) < 4.78 is 43.8. The van der Waals surface area contributed by atoms with Gasteiger partial charge >= 0.3 is 6.18 Å². The van der Waals surface area contributed by atoms with Crippen molar-refractivity contribution in [2.24, 2.45) is 11.3 Å². The second kappa shape index (κ2) is 5.47. The average Bonchev–Trinajstić information content (AvgIpc) is 2.23. The first-order valence-electron chi connectivity index (χ1n) is 6.07. The van der Waals surface area contributed by atoms with Crippen LogP contribution in [-0.4, -0.2) is 31.3 Å². The van der Waals surface area contributed by atoms with E-state index < -0.39 is 29.5 Å². The number of carbonyl (C=O) groups excluding carboxylic acids is 1. The second-order valence-corrected chi connectivity index (χ2v) is 5.76. The third kappa shape index (κ3) is 4.15. The lowest BCUT2D eigenvalue weighted by atomic mass is 9.85. The Labute approximate surface area is 105 Å². The predicted octanol–water partition coefficient (Wildman–Crippen LogP) is 2.51. The number of ether oxygens (including phenoxy) is 1. The highest BCUT2D eigenvalue weighted by Crippen LogP contribution is 2.33. The van der Waals surface area contributed by atoms with E-state index in [-0.39, 0.29) is 6.61 Å². The SMILES string of the molecule is CC(C)(C)[C@@H](NC(=O)[C@H]1CCCOC1)C(F)(F)F. The van der Waals surface area contributed by atoms with Gasteiger partial charge in [-0.3, -0.25) is 4.79 Å². The number of hydrogen-bond donors (Lipinski definition) is 1. The van der Waals surface area contributed by atoms with Gasteiger partial charge in [0.05, 0.1) is 12.5 Å². The summed E-state index contributed by atoms with van der Waals surface area (Å²) in [6.45, 7) is 5.17. The molecular weight excluding hydrogens is 247 g/mol. The monoisotopic (exact) mass is 267 g/mol. The topological polar surface area (TPSA) is 38.3 Å². The van der Waals surface area contributed by atoms with Crippen LogP contribution in [-0.2, 0) is 9.53 Å². The van der Waals surface area contributed by atoms with Crippen molar-refractivity contribution in [2.75, 3.05) is 13.2 Å². The molecule has 0 unspecified atom stereocenters.